The van der Waals surface area contributed by atoms with Crippen LogP contribution in [0.15, 0.2) is 16.7 Å². The van der Waals surface area contributed by atoms with Crippen molar-refractivity contribution in [2.24, 2.45) is 0 Å². The Bertz CT molecular complexity index is 1100. The first-order valence-corrected chi connectivity index (χ1v) is 8.33. The van der Waals surface area contributed by atoms with Crippen LogP contribution in [0.2, 0.25) is 0 Å². The van der Waals surface area contributed by atoms with Crippen LogP contribution in [0.1, 0.15) is 42.6 Å². The third kappa shape index (κ3) is 2.28. The quantitative estimate of drug-likeness (QED) is 0.562. The number of hydrogen-bond donors (Lipinski definition) is 2. The van der Waals surface area contributed by atoms with E-state index in [4.69, 9.17) is 4.52 Å². The van der Waals surface area contributed by atoms with Gasteiger partial charge in [-0.2, -0.15) is 4.98 Å². The fourth-order valence-corrected chi connectivity index (χ4v) is 3.35. The van der Waals surface area contributed by atoms with Crippen LogP contribution in [0.3, 0.4) is 0 Å². The molecule has 0 radical (unpaired) electrons. The van der Waals surface area contributed by atoms with E-state index in [1.165, 1.54) is 0 Å². The number of aromatic nitrogens is 4. The maximum absolute atomic E-state index is 10.4. The van der Waals surface area contributed by atoms with E-state index in [9.17, 15) is 5.11 Å². The monoisotopic (exact) mass is 336 g/mol. The first-order valence-electron chi connectivity index (χ1n) is 8.33. The second kappa shape index (κ2) is 5.31. The number of aromatic hydroxyl groups is 1. The Labute approximate surface area is 144 Å². The van der Waals surface area contributed by atoms with Gasteiger partial charge in [-0.05, 0) is 44.0 Å². The molecule has 0 amide bonds. The highest BCUT2D eigenvalue weighted by atomic mass is 16.5. The maximum Gasteiger partial charge on any atom is 0.224 e. The summed E-state index contributed by atoms with van der Waals surface area (Å²) in [5.74, 6) is 1.57. The zero-order valence-corrected chi connectivity index (χ0v) is 14.9. The summed E-state index contributed by atoms with van der Waals surface area (Å²) >= 11 is 0. The molecule has 0 spiro atoms. The van der Waals surface area contributed by atoms with Gasteiger partial charge in [0.05, 0.1) is 11.1 Å². The van der Waals surface area contributed by atoms with Gasteiger partial charge in [-0.25, -0.2) is 4.98 Å². The Hall–Kier alpha value is -2.89. The molecule has 25 heavy (non-hydrogen) atoms. The van der Waals surface area contributed by atoms with E-state index >= 15 is 0 Å². The second-order valence-corrected chi connectivity index (χ2v) is 6.82. The van der Waals surface area contributed by atoms with Crippen LogP contribution < -0.4 is 0 Å². The van der Waals surface area contributed by atoms with Crippen molar-refractivity contribution in [3.05, 3.63) is 35.0 Å². The van der Waals surface area contributed by atoms with Crippen molar-refractivity contribution >= 4 is 21.9 Å². The Kier molecular flexibility index (Phi) is 3.32. The molecule has 4 rings (SSSR count). The Morgan fingerprint density at radius 2 is 1.88 bits per heavy atom. The van der Waals surface area contributed by atoms with Crippen molar-refractivity contribution in [3.63, 3.8) is 0 Å². The summed E-state index contributed by atoms with van der Waals surface area (Å²) < 4.78 is 5.31. The van der Waals surface area contributed by atoms with Gasteiger partial charge in [0.15, 0.2) is 0 Å². The van der Waals surface area contributed by atoms with Gasteiger partial charge in [0.2, 0.25) is 5.88 Å². The minimum atomic E-state index is 0.0180. The predicted octanol–water partition coefficient (Wildman–Crippen LogP) is 4.52. The zero-order valence-electron chi connectivity index (χ0n) is 14.9. The van der Waals surface area contributed by atoms with E-state index in [1.807, 2.05) is 40.7 Å². The third-order valence-electron chi connectivity index (χ3n) is 4.61. The largest absolute Gasteiger partial charge is 0.493 e. The predicted molar refractivity (Wildman–Crippen MR) is 96.9 cm³/mol. The summed E-state index contributed by atoms with van der Waals surface area (Å²) in [6, 6.07) is 4.11. The Balaban J connectivity index is 2.04. The molecule has 3 aromatic heterocycles. The van der Waals surface area contributed by atoms with Crippen molar-refractivity contribution < 1.29 is 9.63 Å². The number of nitrogens with one attached hydrogen (secondary N) is 1. The highest BCUT2D eigenvalue weighted by Crippen LogP contribution is 2.37. The average Bonchev–Trinajstić information content (AvgIpc) is 3.06. The van der Waals surface area contributed by atoms with Gasteiger partial charge in [0.1, 0.15) is 17.2 Å². The molecule has 0 bridgehead atoms. The molecule has 0 unspecified atom stereocenters. The van der Waals surface area contributed by atoms with Crippen LogP contribution in [0.25, 0.3) is 33.1 Å². The molecule has 0 aliphatic rings. The first kappa shape index (κ1) is 15.6. The number of rotatable bonds is 2. The summed E-state index contributed by atoms with van der Waals surface area (Å²) in [7, 11) is 0. The number of benzene rings is 1. The third-order valence-corrected chi connectivity index (χ3v) is 4.61. The van der Waals surface area contributed by atoms with Crippen LogP contribution in [0.4, 0.5) is 0 Å². The number of fused-ring (bicyclic) bond motifs is 3. The van der Waals surface area contributed by atoms with Gasteiger partial charge in [0, 0.05) is 22.4 Å². The lowest BCUT2D eigenvalue weighted by molar-refractivity contribution is 0.393. The van der Waals surface area contributed by atoms with E-state index in [0.717, 1.165) is 39.0 Å². The summed E-state index contributed by atoms with van der Waals surface area (Å²) in [5, 5.41) is 16.1. The topological polar surface area (TPSA) is 87.8 Å². The molecular formula is C19H20N4O2. The van der Waals surface area contributed by atoms with Crippen molar-refractivity contribution in [1.82, 2.24) is 20.1 Å². The lowest BCUT2D eigenvalue weighted by Crippen LogP contribution is -1.97. The Morgan fingerprint density at radius 1 is 1.12 bits per heavy atom. The minimum Gasteiger partial charge on any atom is -0.493 e. The molecule has 3 heterocycles. The molecule has 0 aliphatic carbocycles. The first-order chi connectivity index (χ1) is 11.9. The van der Waals surface area contributed by atoms with Gasteiger partial charge >= 0.3 is 0 Å². The SMILES string of the molecule is Cc1cc2c(cc1-c1c(C)noc1C)[nH]c1nc(C(C)C)nc(O)c12. The standard InChI is InChI=1S/C19H20N4O2/c1-8(2)17-21-18-16(19(24)22-17)13-6-9(3)12(7-14(13)20-18)15-10(4)23-25-11(15)5/h6-8H,1-5H3,(H2,20,21,22,24). The van der Waals surface area contributed by atoms with Crippen LogP contribution in [0, 0.1) is 20.8 Å². The molecule has 2 N–H and O–H groups in total. The van der Waals surface area contributed by atoms with Crippen LogP contribution >= 0.6 is 0 Å². The van der Waals surface area contributed by atoms with Crippen LogP contribution in [0.5, 0.6) is 5.88 Å². The summed E-state index contributed by atoms with van der Waals surface area (Å²) in [4.78, 5) is 12.1. The zero-order chi connectivity index (χ0) is 17.9. The normalized spacial score (nSPS) is 11.9. The van der Waals surface area contributed by atoms with E-state index in [2.05, 4.69) is 26.2 Å². The lowest BCUT2D eigenvalue weighted by atomic mass is 9.97. The number of aromatic amines is 1. The molecule has 6 nitrogen and oxygen atoms in total. The van der Waals surface area contributed by atoms with Crippen LogP contribution in [-0.4, -0.2) is 25.2 Å². The number of nitrogens with zero attached hydrogens (tertiary/aromatic N) is 3. The molecule has 0 saturated heterocycles. The number of hydrogen-bond acceptors (Lipinski definition) is 5. The van der Waals surface area contributed by atoms with E-state index in [-0.39, 0.29) is 11.8 Å². The molecule has 128 valence electrons. The summed E-state index contributed by atoms with van der Waals surface area (Å²) in [5.41, 5.74) is 5.57. The molecule has 4 aromatic rings. The lowest BCUT2D eigenvalue weighted by Gasteiger charge is -2.06. The molecule has 6 heteroatoms. The highest BCUT2D eigenvalue weighted by molar-refractivity contribution is 6.09. The fraction of sp³-hybridized carbons (Fsp3) is 0.316. The number of H-pyrrole nitrogens is 1. The fourth-order valence-electron chi connectivity index (χ4n) is 3.35. The summed E-state index contributed by atoms with van der Waals surface area (Å²) in [6.07, 6.45) is 0. The second-order valence-electron chi connectivity index (χ2n) is 6.82. The highest BCUT2D eigenvalue weighted by Gasteiger charge is 2.19. The van der Waals surface area contributed by atoms with E-state index in [0.29, 0.717) is 16.9 Å². The maximum atomic E-state index is 10.4. The van der Waals surface area contributed by atoms with Gasteiger partial charge < -0.3 is 14.6 Å². The summed E-state index contributed by atoms with van der Waals surface area (Å²) in [6.45, 7) is 9.90. The number of aryl methyl sites for hydroxylation is 3. The molecule has 1 aromatic carbocycles. The van der Waals surface area contributed by atoms with Crippen molar-refractivity contribution in [1.29, 1.82) is 0 Å². The minimum absolute atomic E-state index is 0.0180. The van der Waals surface area contributed by atoms with E-state index < -0.39 is 0 Å². The Morgan fingerprint density at radius 3 is 2.52 bits per heavy atom. The van der Waals surface area contributed by atoms with Crippen molar-refractivity contribution in [2.45, 2.75) is 40.5 Å². The van der Waals surface area contributed by atoms with Gasteiger partial charge in [-0.1, -0.05) is 19.0 Å². The van der Waals surface area contributed by atoms with Gasteiger partial charge in [0.25, 0.3) is 0 Å². The van der Waals surface area contributed by atoms with Crippen LogP contribution in [-0.2, 0) is 0 Å². The molecule has 0 atom stereocenters. The molecular weight excluding hydrogens is 316 g/mol. The smallest absolute Gasteiger partial charge is 0.224 e. The average molecular weight is 336 g/mol. The van der Waals surface area contributed by atoms with E-state index in [1.54, 1.807) is 0 Å². The van der Waals surface area contributed by atoms with Gasteiger partial charge in [-0.3, -0.25) is 0 Å². The van der Waals surface area contributed by atoms with Crippen molar-refractivity contribution in [3.8, 4) is 17.0 Å². The molecule has 0 fully saturated rings. The molecule has 0 saturated carbocycles. The van der Waals surface area contributed by atoms with Crippen molar-refractivity contribution in [2.75, 3.05) is 0 Å². The van der Waals surface area contributed by atoms with Gasteiger partial charge in [-0.15, -0.1) is 0 Å². The molecule has 0 aliphatic heterocycles.